The second-order valence-electron chi connectivity index (χ2n) is 8.49. The van der Waals surface area contributed by atoms with Gasteiger partial charge in [0.2, 0.25) is 10.0 Å². The van der Waals surface area contributed by atoms with Crippen molar-refractivity contribution < 1.29 is 8.42 Å². The van der Waals surface area contributed by atoms with Crippen molar-refractivity contribution in [2.24, 2.45) is 0 Å². The summed E-state index contributed by atoms with van der Waals surface area (Å²) in [6.07, 6.45) is 0. The fraction of sp³-hybridized carbons (Fsp3) is 0.375. The van der Waals surface area contributed by atoms with Crippen molar-refractivity contribution in [3.05, 3.63) is 70.7 Å². The molecule has 0 amide bonds. The fourth-order valence-corrected chi connectivity index (χ4v) is 5.41. The van der Waals surface area contributed by atoms with Crippen molar-refractivity contribution in [3.63, 3.8) is 0 Å². The summed E-state index contributed by atoms with van der Waals surface area (Å²) in [5, 5.41) is 0.866. The minimum Gasteiger partial charge on any atom is -0.354 e. The summed E-state index contributed by atoms with van der Waals surface area (Å²) in [5.74, 6) is 0.970. The van der Waals surface area contributed by atoms with Crippen molar-refractivity contribution in [3.8, 4) is 0 Å². The molecule has 6 nitrogen and oxygen atoms in total. The van der Waals surface area contributed by atoms with E-state index in [0.29, 0.717) is 5.02 Å². The van der Waals surface area contributed by atoms with Crippen LogP contribution in [-0.4, -0.2) is 51.5 Å². The molecule has 1 saturated heterocycles. The van der Waals surface area contributed by atoms with Gasteiger partial charge in [-0.1, -0.05) is 29.8 Å². The number of aromatic nitrogens is 1. The Kier molecular flexibility index (Phi) is 6.72. The summed E-state index contributed by atoms with van der Waals surface area (Å²) in [6.45, 7) is 7.51. The molecule has 0 aliphatic carbocycles. The number of likely N-dealkylation sites (N-methyl/N-ethyl adjacent to an activating group) is 1. The van der Waals surface area contributed by atoms with Crippen molar-refractivity contribution in [1.82, 2.24) is 14.6 Å². The molecule has 3 aromatic rings. The van der Waals surface area contributed by atoms with E-state index in [1.807, 2.05) is 49.4 Å². The highest BCUT2D eigenvalue weighted by molar-refractivity contribution is 7.89. The molecule has 2 atom stereocenters. The number of hydrogen-bond donors (Lipinski definition) is 1. The number of fused-ring (bicyclic) bond motifs is 1. The lowest BCUT2D eigenvalue weighted by Gasteiger charge is -2.33. The molecule has 4 rings (SSSR count). The van der Waals surface area contributed by atoms with E-state index in [9.17, 15) is 8.42 Å². The number of anilines is 1. The Hall–Kier alpha value is -2.19. The standard InChI is InChI=1S/C24H29ClN4O2S/c1-17(19-4-8-22(25)9-5-19)27-32(30,31)18(2)20-6-10-23-21(16-20)7-11-24(26-23)29-14-12-28(3)13-15-29/h4-11,16-18,27H,12-15H2,1-3H3. The van der Waals surface area contributed by atoms with Gasteiger partial charge in [0.25, 0.3) is 0 Å². The van der Waals surface area contributed by atoms with Crippen LogP contribution in [0.2, 0.25) is 5.02 Å². The highest BCUT2D eigenvalue weighted by Gasteiger charge is 2.25. The van der Waals surface area contributed by atoms with Gasteiger partial charge >= 0.3 is 0 Å². The van der Waals surface area contributed by atoms with Crippen molar-refractivity contribution >= 4 is 38.3 Å². The fourth-order valence-electron chi connectivity index (χ4n) is 3.94. The number of benzene rings is 2. The highest BCUT2D eigenvalue weighted by Crippen LogP contribution is 2.28. The van der Waals surface area contributed by atoms with Gasteiger partial charge < -0.3 is 9.80 Å². The van der Waals surface area contributed by atoms with Crippen molar-refractivity contribution in [1.29, 1.82) is 0 Å². The summed E-state index contributed by atoms with van der Waals surface area (Å²) in [6, 6.07) is 16.6. The molecule has 2 heterocycles. The molecule has 2 unspecified atom stereocenters. The maximum absolute atomic E-state index is 13.0. The highest BCUT2D eigenvalue weighted by atomic mass is 35.5. The molecular weight excluding hydrogens is 444 g/mol. The molecule has 0 bridgehead atoms. The molecule has 8 heteroatoms. The van der Waals surface area contributed by atoms with Gasteiger partial charge in [-0.3, -0.25) is 0 Å². The van der Waals surface area contributed by atoms with Gasteiger partial charge in [0.05, 0.1) is 10.8 Å². The number of nitrogens with zero attached hydrogens (tertiary/aromatic N) is 3. The van der Waals surface area contributed by atoms with E-state index in [0.717, 1.165) is 54.0 Å². The van der Waals surface area contributed by atoms with Gasteiger partial charge in [-0.2, -0.15) is 0 Å². The third-order valence-corrected chi connectivity index (χ3v) is 8.31. The molecule has 32 heavy (non-hydrogen) atoms. The molecule has 1 aliphatic rings. The zero-order valence-electron chi connectivity index (χ0n) is 18.6. The molecule has 0 spiro atoms. The minimum atomic E-state index is -3.59. The largest absolute Gasteiger partial charge is 0.354 e. The van der Waals surface area contributed by atoms with E-state index in [1.165, 1.54) is 0 Å². The third-order valence-electron chi connectivity index (χ3n) is 6.17. The molecule has 1 fully saturated rings. The van der Waals surface area contributed by atoms with Crippen LogP contribution < -0.4 is 9.62 Å². The monoisotopic (exact) mass is 472 g/mol. The molecule has 1 aliphatic heterocycles. The number of piperazine rings is 1. The Morgan fingerprint density at radius 2 is 1.59 bits per heavy atom. The maximum atomic E-state index is 13.0. The van der Waals surface area contributed by atoms with Crippen LogP contribution in [-0.2, 0) is 10.0 Å². The van der Waals surface area contributed by atoms with Crippen LogP contribution in [0.4, 0.5) is 5.82 Å². The van der Waals surface area contributed by atoms with Gasteiger partial charge in [-0.05, 0) is 68.4 Å². The van der Waals surface area contributed by atoms with Crippen LogP contribution in [0.15, 0.2) is 54.6 Å². The van der Waals surface area contributed by atoms with E-state index in [4.69, 9.17) is 16.6 Å². The van der Waals surface area contributed by atoms with Gasteiger partial charge in [0, 0.05) is 42.6 Å². The van der Waals surface area contributed by atoms with Crippen LogP contribution in [0.1, 0.15) is 36.3 Å². The quantitative estimate of drug-likeness (QED) is 0.576. The zero-order chi connectivity index (χ0) is 22.9. The van der Waals surface area contributed by atoms with Crippen molar-refractivity contribution in [2.75, 3.05) is 38.1 Å². The van der Waals surface area contributed by atoms with E-state index < -0.39 is 15.3 Å². The normalized spacial score (nSPS) is 17.4. The zero-order valence-corrected chi connectivity index (χ0v) is 20.2. The Bertz CT molecular complexity index is 1190. The third kappa shape index (κ3) is 5.07. The van der Waals surface area contributed by atoms with Gasteiger partial charge in [-0.15, -0.1) is 0 Å². The first-order chi connectivity index (χ1) is 15.2. The molecule has 0 saturated carbocycles. The lowest BCUT2D eigenvalue weighted by Crippen LogP contribution is -2.44. The average molecular weight is 473 g/mol. The Morgan fingerprint density at radius 3 is 2.28 bits per heavy atom. The Morgan fingerprint density at radius 1 is 0.938 bits per heavy atom. The van der Waals surface area contributed by atoms with Crippen LogP contribution in [0.25, 0.3) is 10.9 Å². The predicted molar refractivity (Wildman–Crippen MR) is 132 cm³/mol. The number of hydrogen-bond acceptors (Lipinski definition) is 5. The molecule has 1 N–H and O–H groups in total. The smallest absolute Gasteiger partial charge is 0.218 e. The Labute approximate surface area is 195 Å². The van der Waals surface area contributed by atoms with E-state index in [1.54, 1.807) is 19.1 Å². The number of halogens is 1. The minimum absolute atomic E-state index is 0.354. The van der Waals surface area contributed by atoms with Crippen molar-refractivity contribution in [2.45, 2.75) is 25.1 Å². The van der Waals surface area contributed by atoms with E-state index >= 15 is 0 Å². The topological polar surface area (TPSA) is 65.5 Å². The summed E-state index contributed by atoms with van der Waals surface area (Å²) < 4.78 is 28.9. The average Bonchev–Trinajstić information content (AvgIpc) is 2.78. The first kappa shape index (κ1) is 23.0. The van der Waals surface area contributed by atoms with Crippen LogP contribution in [0.3, 0.4) is 0 Å². The maximum Gasteiger partial charge on any atom is 0.218 e. The lowest BCUT2D eigenvalue weighted by atomic mass is 10.1. The summed E-state index contributed by atoms with van der Waals surface area (Å²) in [5.41, 5.74) is 2.48. The Balaban J connectivity index is 1.51. The first-order valence-corrected chi connectivity index (χ1v) is 12.8. The first-order valence-electron chi connectivity index (χ1n) is 10.8. The van der Waals surface area contributed by atoms with Gasteiger partial charge in [0.1, 0.15) is 5.82 Å². The van der Waals surface area contributed by atoms with Gasteiger partial charge in [-0.25, -0.2) is 18.1 Å². The summed E-state index contributed by atoms with van der Waals surface area (Å²) in [7, 11) is -1.45. The summed E-state index contributed by atoms with van der Waals surface area (Å²) in [4.78, 5) is 9.42. The predicted octanol–water partition coefficient (Wildman–Crippen LogP) is 4.38. The van der Waals surface area contributed by atoms with E-state index in [-0.39, 0.29) is 6.04 Å². The molecular formula is C24H29ClN4O2S. The second kappa shape index (κ2) is 9.35. The summed E-state index contributed by atoms with van der Waals surface area (Å²) >= 11 is 5.94. The second-order valence-corrected chi connectivity index (χ2v) is 11.0. The number of nitrogens with one attached hydrogen (secondary N) is 1. The van der Waals surface area contributed by atoms with Crippen LogP contribution >= 0.6 is 11.6 Å². The number of pyridine rings is 1. The van der Waals surface area contributed by atoms with Crippen LogP contribution in [0.5, 0.6) is 0 Å². The van der Waals surface area contributed by atoms with E-state index in [2.05, 4.69) is 21.6 Å². The molecule has 1 aromatic heterocycles. The molecule has 0 radical (unpaired) electrons. The number of sulfonamides is 1. The lowest BCUT2D eigenvalue weighted by molar-refractivity contribution is 0.312. The molecule has 2 aromatic carbocycles. The number of rotatable bonds is 6. The molecule has 170 valence electrons. The van der Waals surface area contributed by atoms with Crippen LogP contribution in [0, 0.1) is 0 Å². The van der Waals surface area contributed by atoms with Gasteiger partial charge in [0.15, 0.2) is 0 Å². The SMILES string of the molecule is CC(NS(=O)(=O)C(C)c1ccc2nc(N3CCN(C)CC3)ccc2c1)c1ccc(Cl)cc1.